The summed E-state index contributed by atoms with van der Waals surface area (Å²) < 4.78 is 6.33. The summed E-state index contributed by atoms with van der Waals surface area (Å²) >= 11 is 0. The van der Waals surface area contributed by atoms with Crippen molar-refractivity contribution in [1.82, 2.24) is 4.98 Å². The molecule has 1 aromatic heterocycles. The van der Waals surface area contributed by atoms with E-state index in [1.807, 2.05) is 30.3 Å². The molecule has 4 heteroatoms. The van der Waals surface area contributed by atoms with Crippen LogP contribution in [0.4, 0.5) is 34.1 Å². The van der Waals surface area contributed by atoms with Crippen LogP contribution in [-0.2, 0) is 5.41 Å². The van der Waals surface area contributed by atoms with Crippen LogP contribution in [0, 0.1) is 0 Å². The number of fused-ring (bicyclic) bond motifs is 5. The minimum Gasteiger partial charge on any atom is -0.436 e. The van der Waals surface area contributed by atoms with Crippen LogP contribution in [-0.4, -0.2) is 4.98 Å². The maximum atomic E-state index is 6.33. The Morgan fingerprint density at radius 1 is 0.426 bits per heavy atom. The molecule has 0 bridgehead atoms. The fourth-order valence-corrected chi connectivity index (χ4v) is 8.12. The maximum Gasteiger partial charge on any atom is 0.227 e. The molecule has 0 aliphatic heterocycles. The Morgan fingerprint density at radius 2 is 0.926 bits per heavy atom. The van der Waals surface area contributed by atoms with Gasteiger partial charge in [-0.1, -0.05) is 98.8 Å². The molecule has 0 radical (unpaired) electrons. The normalized spacial score (nSPS) is 12.8. The summed E-state index contributed by atoms with van der Waals surface area (Å²) in [5.41, 5.74) is 14.1. The predicted molar refractivity (Wildman–Crippen MR) is 224 cm³/mol. The molecule has 54 heavy (non-hydrogen) atoms. The molecular formula is C50H37N3O. The van der Waals surface area contributed by atoms with Crippen LogP contribution in [0.3, 0.4) is 0 Å². The van der Waals surface area contributed by atoms with Gasteiger partial charge in [-0.15, -0.1) is 0 Å². The molecule has 0 unspecified atom stereocenters. The monoisotopic (exact) mass is 695 g/mol. The number of oxazole rings is 1. The average molecular weight is 696 g/mol. The van der Waals surface area contributed by atoms with Crippen LogP contribution in [0.15, 0.2) is 192 Å². The molecule has 258 valence electrons. The van der Waals surface area contributed by atoms with E-state index in [0.29, 0.717) is 5.89 Å². The third kappa shape index (κ3) is 5.34. The second kappa shape index (κ2) is 12.6. The molecule has 10 rings (SSSR count). The SMILES string of the molecule is CC1(C)c2cc3cc(N(c4ccccc4)c4cccc(N(c5ccccc5)c5ccccc5)c4)ccc3cc2-c2cc3oc(-c4ccccc4)nc3cc21. The number of benzene rings is 8. The van der Waals surface area contributed by atoms with Gasteiger partial charge in [0.1, 0.15) is 5.52 Å². The zero-order chi connectivity index (χ0) is 36.2. The molecule has 0 spiro atoms. The van der Waals surface area contributed by atoms with Crippen molar-refractivity contribution >= 4 is 56.0 Å². The molecule has 9 aromatic rings. The molecule has 0 saturated carbocycles. The number of hydrogen-bond acceptors (Lipinski definition) is 4. The highest BCUT2D eigenvalue weighted by molar-refractivity contribution is 5.98. The van der Waals surface area contributed by atoms with Crippen LogP contribution in [0.25, 0.3) is 44.5 Å². The first-order valence-electron chi connectivity index (χ1n) is 18.5. The van der Waals surface area contributed by atoms with Gasteiger partial charge in [0, 0.05) is 45.1 Å². The molecule has 8 aromatic carbocycles. The minimum atomic E-state index is -0.208. The number of aromatic nitrogens is 1. The third-order valence-electron chi connectivity index (χ3n) is 10.8. The molecule has 0 amide bonds. The molecule has 0 fully saturated rings. The zero-order valence-corrected chi connectivity index (χ0v) is 30.1. The van der Waals surface area contributed by atoms with Crippen molar-refractivity contribution in [3.05, 3.63) is 199 Å². The summed E-state index contributed by atoms with van der Waals surface area (Å²) in [6.07, 6.45) is 0. The molecule has 1 aliphatic carbocycles. The molecule has 1 aliphatic rings. The van der Waals surface area contributed by atoms with E-state index in [-0.39, 0.29) is 5.41 Å². The van der Waals surface area contributed by atoms with Crippen molar-refractivity contribution < 1.29 is 4.42 Å². The number of anilines is 6. The van der Waals surface area contributed by atoms with Gasteiger partial charge >= 0.3 is 0 Å². The smallest absolute Gasteiger partial charge is 0.227 e. The van der Waals surface area contributed by atoms with Crippen LogP contribution < -0.4 is 9.80 Å². The Labute approximate surface area is 315 Å². The zero-order valence-electron chi connectivity index (χ0n) is 30.1. The van der Waals surface area contributed by atoms with Crippen molar-refractivity contribution in [2.24, 2.45) is 0 Å². The van der Waals surface area contributed by atoms with Crippen LogP contribution in [0.2, 0.25) is 0 Å². The lowest BCUT2D eigenvalue weighted by molar-refractivity contribution is 0.619. The summed E-state index contributed by atoms with van der Waals surface area (Å²) in [6, 6.07) is 66.7. The topological polar surface area (TPSA) is 32.5 Å². The van der Waals surface area contributed by atoms with E-state index in [0.717, 1.165) is 50.8 Å². The summed E-state index contributed by atoms with van der Waals surface area (Å²) in [5, 5.41) is 2.40. The quantitative estimate of drug-likeness (QED) is 0.166. The second-order valence-corrected chi connectivity index (χ2v) is 14.5. The van der Waals surface area contributed by atoms with Gasteiger partial charge < -0.3 is 14.2 Å². The second-order valence-electron chi connectivity index (χ2n) is 14.5. The largest absolute Gasteiger partial charge is 0.436 e. The van der Waals surface area contributed by atoms with E-state index in [9.17, 15) is 0 Å². The van der Waals surface area contributed by atoms with Gasteiger partial charge in [0.2, 0.25) is 5.89 Å². The standard InChI is InChI=1S/C50H37N3O/c1-50(2)45-30-36-28-42(27-26-35(36)29-43(45)44-32-48-47(33-46(44)50)51-49(54-48)34-16-7-3-8-17-34)53(39-22-13-6-14-23-39)41-25-15-24-40(31-41)52(37-18-9-4-10-19-37)38-20-11-5-12-21-38/h3-33H,1-2H3. The van der Waals surface area contributed by atoms with Crippen molar-refractivity contribution in [2.75, 3.05) is 9.80 Å². The third-order valence-corrected chi connectivity index (χ3v) is 10.8. The van der Waals surface area contributed by atoms with E-state index in [1.54, 1.807) is 0 Å². The number of nitrogens with zero attached hydrogens (tertiary/aromatic N) is 3. The van der Waals surface area contributed by atoms with E-state index in [4.69, 9.17) is 9.40 Å². The van der Waals surface area contributed by atoms with Gasteiger partial charge in [0.05, 0.1) is 0 Å². The van der Waals surface area contributed by atoms with Crippen molar-refractivity contribution in [3.63, 3.8) is 0 Å². The fraction of sp³-hybridized carbons (Fsp3) is 0.0600. The van der Waals surface area contributed by atoms with E-state index in [2.05, 4.69) is 181 Å². The lowest BCUT2D eigenvalue weighted by atomic mass is 9.82. The lowest BCUT2D eigenvalue weighted by Gasteiger charge is -2.29. The van der Waals surface area contributed by atoms with Gasteiger partial charge in [-0.25, -0.2) is 4.98 Å². The van der Waals surface area contributed by atoms with Gasteiger partial charge in [0.25, 0.3) is 0 Å². The molecule has 1 heterocycles. The van der Waals surface area contributed by atoms with Crippen LogP contribution in [0.5, 0.6) is 0 Å². The Kier molecular flexibility index (Phi) is 7.44. The molecule has 0 saturated heterocycles. The minimum absolute atomic E-state index is 0.208. The number of rotatable bonds is 7. The molecular weight excluding hydrogens is 659 g/mol. The maximum absolute atomic E-state index is 6.33. The summed E-state index contributed by atoms with van der Waals surface area (Å²) in [7, 11) is 0. The highest BCUT2D eigenvalue weighted by Gasteiger charge is 2.37. The number of hydrogen-bond donors (Lipinski definition) is 0. The summed E-state index contributed by atoms with van der Waals surface area (Å²) in [5.74, 6) is 0.652. The molecule has 0 N–H and O–H groups in total. The van der Waals surface area contributed by atoms with Crippen LogP contribution >= 0.6 is 0 Å². The first-order valence-corrected chi connectivity index (χ1v) is 18.5. The van der Waals surface area contributed by atoms with Crippen molar-refractivity contribution in [3.8, 4) is 22.6 Å². The Hall–Kier alpha value is -6.91. The van der Waals surface area contributed by atoms with E-state index >= 15 is 0 Å². The molecule has 4 nitrogen and oxygen atoms in total. The highest BCUT2D eigenvalue weighted by Crippen LogP contribution is 2.52. The van der Waals surface area contributed by atoms with E-state index < -0.39 is 0 Å². The van der Waals surface area contributed by atoms with Gasteiger partial charge in [-0.3, -0.25) is 0 Å². The lowest BCUT2D eigenvalue weighted by Crippen LogP contribution is -2.15. The summed E-state index contributed by atoms with van der Waals surface area (Å²) in [4.78, 5) is 9.57. The van der Waals surface area contributed by atoms with Gasteiger partial charge in [0.15, 0.2) is 5.58 Å². The Morgan fingerprint density at radius 3 is 1.54 bits per heavy atom. The number of para-hydroxylation sites is 3. The first kappa shape index (κ1) is 31.8. The predicted octanol–water partition coefficient (Wildman–Crippen LogP) is 13.9. The van der Waals surface area contributed by atoms with E-state index in [1.165, 1.54) is 33.0 Å². The highest BCUT2D eigenvalue weighted by atomic mass is 16.3. The molecule has 0 atom stereocenters. The fourth-order valence-electron chi connectivity index (χ4n) is 8.12. The van der Waals surface area contributed by atoms with Crippen molar-refractivity contribution in [1.29, 1.82) is 0 Å². The summed E-state index contributed by atoms with van der Waals surface area (Å²) in [6.45, 7) is 4.65. The van der Waals surface area contributed by atoms with Crippen molar-refractivity contribution in [2.45, 2.75) is 19.3 Å². The van der Waals surface area contributed by atoms with Crippen LogP contribution in [0.1, 0.15) is 25.0 Å². The Balaban J connectivity index is 1.08. The average Bonchev–Trinajstić information content (AvgIpc) is 3.73. The van der Waals surface area contributed by atoms with Gasteiger partial charge in [-0.05, 0) is 136 Å². The first-order chi connectivity index (χ1) is 26.5. The van der Waals surface area contributed by atoms with Gasteiger partial charge in [-0.2, -0.15) is 0 Å². The Bertz CT molecular complexity index is 2750.